The molecule has 0 saturated carbocycles. The molecule has 0 radical (unpaired) electrons. The Morgan fingerprint density at radius 2 is 1.78 bits per heavy atom. The van der Waals surface area contributed by atoms with Gasteiger partial charge in [0.05, 0.1) is 6.26 Å². The number of rotatable bonds is 6. The summed E-state index contributed by atoms with van der Waals surface area (Å²) in [7, 11) is -3.24. The molecule has 1 saturated heterocycles. The Labute approximate surface area is 138 Å². The first kappa shape index (κ1) is 17.7. The van der Waals surface area contributed by atoms with Crippen LogP contribution < -0.4 is 14.5 Å². The van der Waals surface area contributed by atoms with Gasteiger partial charge in [0.2, 0.25) is 15.9 Å². The molecule has 0 aliphatic carbocycles. The third-order valence-corrected chi connectivity index (χ3v) is 4.69. The van der Waals surface area contributed by atoms with E-state index >= 15 is 0 Å². The smallest absolute Gasteiger partial charge is 0.223 e. The largest absolute Gasteiger partial charge is 0.372 e. The van der Waals surface area contributed by atoms with Crippen LogP contribution in [-0.2, 0) is 14.8 Å². The summed E-state index contributed by atoms with van der Waals surface area (Å²) in [6.07, 6.45) is 4.84. The molecule has 1 aromatic carbocycles. The number of benzene rings is 1. The van der Waals surface area contributed by atoms with Gasteiger partial charge in [0, 0.05) is 44.5 Å². The molecule has 1 N–H and O–H groups in total. The third kappa shape index (κ3) is 5.51. The summed E-state index contributed by atoms with van der Waals surface area (Å²) in [6.45, 7) is 4.15. The van der Waals surface area contributed by atoms with Crippen molar-refractivity contribution in [2.75, 3.05) is 42.2 Å². The Hall–Kier alpha value is -1.60. The van der Waals surface area contributed by atoms with Gasteiger partial charge >= 0.3 is 0 Å². The molecular formula is C16H25N3O3S. The Balaban J connectivity index is 2.02. The van der Waals surface area contributed by atoms with Crippen molar-refractivity contribution in [3.63, 3.8) is 0 Å². The van der Waals surface area contributed by atoms with Crippen LogP contribution >= 0.6 is 0 Å². The van der Waals surface area contributed by atoms with Gasteiger partial charge in [-0.1, -0.05) is 0 Å². The molecular weight excluding hydrogens is 314 g/mol. The maximum atomic E-state index is 11.8. The lowest BCUT2D eigenvalue weighted by atomic mass is 10.1. The Kier molecular flexibility index (Phi) is 6.01. The maximum Gasteiger partial charge on any atom is 0.223 e. The molecule has 1 aliphatic rings. The summed E-state index contributed by atoms with van der Waals surface area (Å²) in [5, 5.41) is 0. The van der Waals surface area contributed by atoms with Crippen LogP contribution in [-0.4, -0.2) is 46.8 Å². The number of carbonyl (C=O) groups excluding carboxylic acids is 1. The van der Waals surface area contributed by atoms with Gasteiger partial charge in [-0.05, 0) is 43.5 Å². The van der Waals surface area contributed by atoms with Crippen molar-refractivity contribution in [2.24, 2.45) is 0 Å². The zero-order valence-corrected chi connectivity index (χ0v) is 14.6. The lowest BCUT2D eigenvalue weighted by Gasteiger charge is -2.29. The maximum absolute atomic E-state index is 11.8. The van der Waals surface area contributed by atoms with Crippen molar-refractivity contribution in [1.82, 2.24) is 4.72 Å². The molecule has 1 aliphatic heterocycles. The summed E-state index contributed by atoms with van der Waals surface area (Å²) >= 11 is 0. The van der Waals surface area contributed by atoms with E-state index in [-0.39, 0.29) is 12.5 Å². The quantitative estimate of drug-likeness (QED) is 0.854. The second kappa shape index (κ2) is 7.79. The van der Waals surface area contributed by atoms with Crippen molar-refractivity contribution in [3.05, 3.63) is 24.3 Å². The molecule has 0 spiro atoms. The minimum atomic E-state index is -3.24. The summed E-state index contributed by atoms with van der Waals surface area (Å²) in [5.41, 5.74) is 1.96. The summed E-state index contributed by atoms with van der Waals surface area (Å²) in [6, 6.07) is 7.90. The number of piperidine rings is 1. The third-order valence-electron chi connectivity index (χ3n) is 3.96. The van der Waals surface area contributed by atoms with E-state index in [0.717, 1.165) is 25.0 Å². The number of hydrogen-bond donors (Lipinski definition) is 1. The van der Waals surface area contributed by atoms with Crippen molar-refractivity contribution < 1.29 is 13.2 Å². The number of nitrogens with one attached hydrogen (secondary N) is 1. The monoisotopic (exact) mass is 339 g/mol. The molecule has 1 heterocycles. The van der Waals surface area contributed by atoms with E-state index in [4.69, 9.17) is 0 Å². The first-order chi connectivity index (χ1) is 10.9. The average Bonchev–Trinajstić information content (AvgIpc) is 2.51. The van der Waals surface area contributed by atoms with Crippen molar-refractivity contribution in [1.29, 1.82) is 0 Å². The first-order valence-electron chi connectivity index (χ1n) is 7.94. The predicted octanol–water partition coefficient (Wildman–Crippen LogP) is 1.58. The normalized spacial score (nSPS) is 15.5. The standard InChI is InChI=1S/C16H25N3O3S/c1-14(20)19(13-10-17-23(2,21)22)16-8-6-15(7-9-16)18-11-4-3-5-12-18/h6-9,17H,3-5,10-13H2,1-2H3. The first-order valence-corrected chi connectivity index (χ1v) is 9.84. The van der Waals surface area contributed by atoms with Gasteiger partial charge in [0.1, 0.15) is 0 Å². The van der Waals surface area contributed by atoms with Gasteiger partial charge in [-0.25, -0.2) is 13.1 Å². The van der Waals surface area contributed by atoms with Crippen LogP contribution in [0.5, 0.6) is 0 Å². The van der Waals surface area contributed by atoms with Crippen LogP contribution in [0.1, 0.15) is 26.2 Å². The van der Waals surface area contributed by atoms with E-state index in [9.17, 15) is 13.2 Å². The number of nitrogens with zero attached hydrogens (tertiary/aromatic N) is 2. The van der Waals surface area contributed by atoms with Crippen molar-refractivity contribution in [2.45, 2.75) is 26.2 Å². The number of sulfonamides is 1. The van der Waals surface area contributed by atoms with E-state index in [1.54, 1.807) is 4.90 Å². The average molecular weight is 339 g/mol. The molecule has 0 aromatic heterocycles. The fourth-order valence-corrected chi connectivity index (χ4v) is 3.27. The Bertz CT molecular complexity index is 622. The number of carbonyl (C=O) groups is 1. The number of anilines is 2. The zero-order chi connectivity index (χ0) is 16.9. The van der Waals surface area contributed by atoms with Crippen LogP contribution in [0.2, 0.25) is 0 Å². The van der Waals surface area contributed by atoms with Crippen molar-refractivity contribution >= 4 is 27.3 Å². The van der Waals surface area contributed by atoms with Crippen LogP contribution in [0.3, 0.4) is 0 Å². The van der Waals surface area contributed by atoms with Gasteiger partial charge in [-0.3, -0.25) is 4.79 Å². The van der Waals surface area contributed by atoms with Gasteiger partial charge in [0.25, 0.3) is 0 Å². The van der Waals surface area contributed by atoms with Gasteiger partial charge in [-0.15, -0.1) is 0 Å². The van der Waals surface area contributed by atoms with E-state index in [2.05, 4.69) is 9.62 Å². The van der Waals surface area contributed by atoms with Gasteiger partial charge in [0.15, 0.2) is 0 Å². The molecule has 0 atom stereocenters. The molecule has 1 amide bonds. The van der Waals surface area contributed by atoms with E-state index < -0.39 is 10.0 Å². The molecule has 1 fully saturated rings. The van der Waals surface area contributed by atoms with E-state index in [1.807, 2.05) is 24.3 Å². The number of amides is 1. The van der Waals surface area contributed by atoms with Crippen LogP contribution in [0.15, 0.2) is 24.3 Å². The second-order valence-electron chi connectivity index (χ2n) is 5.90. The minimum absolute atomic E-state index is 0.106. The summed E-state index contributed by atoms with van der Waals surface area (Å²) in [4.78, 5) is 15.8. The highest BCUT2D eigenvalue weighted by Gasteiger charge is 2.14. The molecule has 128 valence electrons. The Morgan fingerprint density at radius 3 is 2.30 bits per heavy atom. The molecule has 2 rings (SSSR count). The lowest BCUT2D eigenvalue weighted by Crippen LogP contribution is -2.37. The minimum Gasteiger partial charge on any atom is -0.372 e. The van der Waals surface area contributed by atoms with Gasteiger partial charge < -0.3 is 9.80 Å². The predicted molar refractivity (Wildman–Crippen MR) is 93.4 cm³/mol. The highest BCUT2D eigenvalue weighted by Crippen LogP contribution is 2.23. The topological polar surface area (TPSA) is 69.7 Å². The van der Waals surface area contributed by atoms with Crippen molar-refractivity contribution in [3.8, 4) is 0 Å². The molecule has 0 unspecified atom stereocenters. The van der Waals surface area contributed by atoms with E-state index in [1.165, 1.54) is 31.9 Å². The molecule has 1 aromatic rings. The second-order valence-corrected chi connectivity index (χ2v) is 7.73. The Morgan fingerprint density at radius 1 is 1.17 bits per heavy atom. The fourth-order valence-electron chi connectivity index (χ4n) is 2.81. The summed E-state index contributed by atoms with van der Waals surface area (Å²) in [5.74, 6) is -0.106. The highest BCUT2D eigenvalue weighted by molar-refractivity contribution is 7.88. The van der Waals surface area contributed by atoms with Crippen LogP contribution in [0, 0.1) is 0 Å². The molecule has 23 heavy (non-hydrogen) atoms. The van der Waals surface area contributed by atoms with E-state index in [0.29, 0.717) is 6.54 Å². The molecule has 7 heteroatoms. The zero-order valence-electron chi connectivity index (χ0n) is 13.8. The fraction of sp³-hybridized carbons (Fsp3) is 0.562. The van der Waals surface area contributed by atoms with Crippen LogP contribution in [0.25, 0.3) is 0 Å². The number of hydrogen-bond acceptors (Lipinski definition) is 4. The SMILES string of the molecule is CC(=O)N(CCNS(C)(=O)=O)c1ccc(N2CCCCC2)cc1. The molecule has 0 bridgehead atoms. The lowest BCUT2D eigenvalue weighted by molar-refractivity contribution is -0.116. The van der Waals surface area contributed by atoms with Gasteiger partial charge in [-0.2, -0.15) is 0 Å². The summed E-state index contributed by atoms with van der Waals surface area (Å²) < 4.78 is 24.6. The van der Waals surface area contributed by atoms with Crippen LogP contribution in [0.4, 0.5) is 11.4 Å². The highest BCUT2D eigenvalue weighted by atomic mass is 32.2. The molecule has 6 nitrogen and oxygen atoms in total.